The van der Waals surface area contributed by atoms with Crippen LogP contribution >= 0.6 is 0 Å². The zero-order valence-electron chi connectivity index (χ0n) is 13.2. The van der Waals surface area contributed by atoms with Crippen molar-refractivity contribution in [2.45, 2.75) is 40.5 Å². The van der Waals surface area contributed by atoms with E-state index < -0.39 is 0 Å². The number of nitrogens with one attached hydrogen (secondary N) is 1. The van der Waals surface area contributed by atoms with Crippen LogP contribution in [0.2, 0.25) is 0 Å². The second kappa shape index (κ2) is 7.07. The quantitative estimate of drug-likeness (QED) is 0.861. The molecule has 0 amide bonds. The van der Waals surface area contributed by atoms with Crippen LogP contribution in [0, 0.1) is 13.8 Å². The van der Waals surface area contributed by atoms with Crippen LogP contribution in [0.5, 0.6) is 11.6 Å². The van der Waals surface area contributed by atoms with Crippen LogP contribution < -0.4 is 10.1 Å². The van der Waals surface area contributed by atoms with Gasteiger partial charge in [0.2, 0.25) is 5.88 Å². The minimum atomic E-state index is 0.590. The van der Waals surface area contributed by atoms with Gasteiger partial charge in [0.1, 0.15) is 17.4 Å². The Morgan fingerprint density at radius 2 is 1.90 bits per heavy atom. The van der Waals surface area contributed by atoms with E-state index in [2.05, 4.69) is 35.2 Å². The van der Waals surface area contributed by atoms with Crippen molar-refractivity contribution >= 4 is 5.82 Å². The van der Waals surface area contributed by atoms with E-state index in [0.29, 0.717) is 5.88 Å². The van der Waals surface area contributed by atoms with Gasteiger partial charge in [0.15, 0.2) is 0 Å². The number of rotatable bonds is 6. The van der Waals surface area contributed by atoms with Gasteiger partial charge in [-0.1, -0.05) is 31.5 Å². The van der Waals surface area contributed by atoms with Crippen LogP contribution in [0.15, 0.2) is 24.3 Å². The van der Waals surface area contributed by atoms with E-state index in [0.717, 1.165) is 42.3 Å². The number of nitrogens with zero attached hydrogens (tertiary/aromatic N) is 2. The Morgan fingerprint density at radius 3 is 2.57 bits per heavy atom. The molecule has 2 aromatic rings. The molecule has 2 rings (SSSR count). The predicted molar refractivity (Wildman–Crippen MR) is 86.2 cm³/mol. The second-order valence-electron chi connectivity index (χ2n) is 5.16. The highest BCUT2D eigenvalue weighted by Crippen LogP contribution is 2.25. The summed E-state index contributed by atoms with van der Waals surface area (Å²) in [6.07, 6.45) is 1.84. The van der Waals surface area contributed by atoms with Crippen LogP contribution in [-0.4, -0.2) is 16.5 Å². The summed E-state index contributed by atoms with van der Waals surface area (Å²) in [5.41, 5.74) is 2.33. The van der Waals surface area contributed by atoms with Gasteiger partial charge in [-0.15, -0.1) is 0 Å². The highest BCUT2D eigenvalue weighted by molar-refractivity contribution is 5.42. The predicted octanol–water partition coefficient (Wildman–Crippen LogP) is 4.27. The second-order valence-corrected chi connectivity index (χ2v) is 5.16. The molecule has 1 aromatic heterocycles. The first-order chi connectivity index (χ1) is 10.1. The maximum Gasteiger partial charge on any atom is 0.224 e. The molecule has 112 valence electrons. The molecular weight excluding hydrogens is 262 g/mol. The number of aryl methyl sites for hydroxylation is 3. The minimum absolute atomic E-state index is 0.590. The molecule has 0 unspecified atom stereocenters. The summed E-state index contributed by atoms with van der Waals surface area (Å²) in [4.78, 5) is 8.91. The summed E-state index contributed by atoms with van der Waals surface area (Å²) < 4.78 is 5.94. The van der Waals surface area contributed by atoms with Gasteiger partial charge in [-0.25, -0.2) is 4.98 Å². The third-order valence-corrected chi connectivity index (χ3v) is 3.17. The first kappa shape index (κ1) is 15.3. The lowest BCUT2D eigenvalue weighted by Crippen LogP contribution is -2.05. The molecule has 1 heterocycles. The molecule has 0 aliphatic rings. The summed E-state index contributed by atoms with van der Waals surface area (Å²) in [5.74, 6) is 3.04. The Morgan fingerprint density at radius 1 is 1.10 bits per heavy atom. The van der Waals surface area contributed by atoms with Gasteiger partial charge < -0.3 is 10.1 Å². The third kappa shape index (κ3) is 4.18. The molecule has 0 saturated carbocycles. The molecule has 0 atom stereocenters. The normalized spacial score (nSPS) is 10.5. The van der Waals surface area contributed by atoms with Gasteiger partial charge in [0.25, 0.3) is 0 Å². The number of hydrogen-bond donors (Lipinski definition) is 1. The van der Waals surface area contributed by atoms with Crippen molar-refractivity contribution < 1.29 is 4.74 Å². The Hall–Kier alpha value is -2.10. The van der Waals surface area contributed by atoms with E-state index in [4.69, 9.17) is 4.74 Å². The van der Waals surface area contributed by atoms with Crippen molar-refractivity contribution in [3.63, 3.8) is 0 Å². The maximum absolute atomic E-state index is 5.94. The molecule has 0 aliphatic carbocycles. The maximum atomic E-state index is 5.94. The van der Waals surface area contributed by atoms with Crippen molar-refractivity contribution in [1.29, 1.82) is 0 Å². The summed E-state index contributed by atoms with van der Waals surface area (Å²) in [6, 6.07) is 7.99. The van der Waals surface area contributed by atoms with E-state index in [1.807, 2.05) is 32.0 Å². The molecule has 0 fully saturated rings. The lowest BCUT2D eigenvalue weighted by Gasteiger charge is -2.11. The fourth-order valence-corrected chi connectivity index (χ4v) is 2.05. The average Bonchev–Trinajstić information content (AvgIpc) is 2.48. The van der Waals surface area contributed by atoms with Crippen molar-refractivity contribution in [1.82, 2.24) is 9.97 Å². The molecular formula is C17H23N3O. The van der Waals surface area contributed by atoms with E-state index in [1.165, 1.54) is 5.56 Å². The van der Waals surface area contributed by atoms with Crippen molar-refractivity contribution in [2.75, 3.05) is 11.9 Å². The SMILES string of the molecule is CCCNc1cc(Oc2ccc(C)cc2C)nc(CC)n1. The van der Waals surface area contributed by atoms with Crippen LogP contribution in [0.3, 0.4) is 0 Å². The topological polar surface area (TPSA) is 47.0 Å². The van der Waals surface area contributed by atoms with Gasteiger partial charge >= 0.3 is 0 Å². The van der Waals surface area contributed by atoms with Gasteiger partial charge in [-0.05, 0) is 31.9 Å². The summed E-state index contributed by atoms with van der Waals surface area (Å²) in [5, 5.41) is 3.29. The Labute approximate surface area is 126 Å². The van der Waals surface area contributed by atoms with Crippen LogP contribution in [-0.2, 0) is 6.42 Å². The zero-order chi connectivity index (χ0) is 15.2. The van der Waals surface area contributed by atoms with E-state index >= 15 is 0 Å². The van der Waals surface area contributed by atoms with E-state index in [1.54, 1.807) is 0 Å². The Bertz CT molecular complexity index is 611. The number of aromatic nitrogens is 2. The Kier molecular flexibility index (Phi) is 5.14. The lowest BCUT2D eigenvalue weighted by atomic mass is 10.1. The molecule has 0 radical (unpaired) electrons. The van der Waals surface area contributed by atoms with E-state index in [9.17, 15) is 0 Å². The van der Waals surface area contributed by atoms with Gasteiger partial charge in [0.05, 0.1) is 0 Å². The molecule has 1 N–H and O–H groups in total. The third-order valence-electron chi connectivity index (χ3n) is 3.17. The summed E-state index contributed by atoms with van der Waals surface area (Å²) in [6.45, 7) is 9.18. The van der Waals surface area contributed by atoms with Gasteiger partial charge in [-0.2, -0.15) is 4.98 Å². The average molecular weight is 285 g/mol. The number of anilines is 1. The smallest absolute Gasteiger partial charge is 0.224 e. The molecule has 0 saturated heterocycles. The van der Waals surface area contributed by atoms with Crippen molar-refractivity contribution in [3.05, 3.63) is 41.2 Å². The highest BCUT2D eigenvalue weighted by atomic mass is 16.5. The molecule has 4 heteroatoms. The van der Waals surface area contributed by atoms with Crippen LogP contribution in [0.25, 0.3) is 0 Å². The van der Waals surface area contributed by atoms with Crippen molar-refractivity contribution in [2.24, 2.45) is 0 Å². The number of benzene rings is 1. The molecule has 1 aromatic carbocycles. The Balaban J connectivity index is 2.25. The number of ether oxygens (including phenoxy) is 1. The fourth-order valence-electron chi connectivity index (χ4n) is 2.05. The van der Waals surface area contributed by atoms with Crippen LogP contribution in [0.4, 0.5) is 5.82 Å². The lowest BCUT2D eigenvalue weighted by molar-refractivity contribution is 0.455. The summed E-state index contributed by atoms with van der Waals surface area (Å²) >= 11 is 0. The monoisotopic (exact) mass is 285 g/mol. The van der Waals surface area contributed by atoms with Crippen LogP contribution in [0.1, 0.15) is 37.2 Å². The van der Waals surface area contributed by atoms with Gasteiger partial charge in [0, 0.05) is 19.0 Å². The highest BCUT2D eigenvalue weighted by Gasteiger charge is 2.07. The van der Waals surface area contributed by atoms with E-state index in [-0.39, 0.29) is 0 Å². The zero-order valence-corrected chi connectivity index (χ0v) is 13.2. The molecule has 0 aliphatic heterocycles. The molecule has 0 bridgehead atoms. The van der Waals surface area contributed by atoms with Crippen molar-refractivity contribution in [3.8, 4) is 11.6 Å². The standard InChI is InChI=1S/C17H23N3O/c1-5-9-18-16-11-17(20-15(6-2)19-16)21-14-8-7-12(3)10-13(14)4/h7-8,10-11H,5-6,9H2,1-4H3,(H,18,19,20). The molecule has 4 nitrogen and oxygen atoms in total. The number of hydrogen-bond acceptors (Lipinski definition) is 4. The molecule has 21 heavy (non-hydrogen) atoms. The molecule has 0 spiro atoms. The summed E-state index contributed by atoms with van der Waals surface area (Å²) in [7, 11) is 0. The first-order valence-corrected chi connectivity index (χ1v) is 7.49. The fraction of sp³-hybridized carbons (Fsp3) is 0.412. The largest absolute Gasteiger partial charge is 0.439 e. The first-order valence-electron chi connectivity index (χ1n) is 7.49. The van der Waals surface area contributed by atoms with Gasteiger partial charge in [-0.3, -0.25) is 0 Å². The minimum Gasteiger partial charge on any atom is -0.439 e.